The van der Waals surface area contributed by atoms with Crippen LogP contribution in [0.15, 0.2) is 47.3 Å². The molecule has 23 heavy (non-hydrogen) atoms. The SMILES string of the molecule is C[C@](O)(CNC(=O)/C=C/c1ccoc1)c1ccc2c(c1)OCO2. The highest BCUT2D eigenvalue weighted by molar-refractivity contribution is 5.91. The van der Waals surface area contributed by atoms with Gasteiger partial charge in [-0.25, -0.2) is 0 Å². The van der Waals surface area contributed by atoms with Gasteiger partial charge in [-0.2, -0.15) is 0 Å². The summed E-state index contributed by atoms with van der Waals surface area (Å²) in [4.78, 5) is 11.8. The van der Waals surface area contributed by atoms with Gasteiger partial charge in [-0.05, 0) is 36.8 Å². The molecule has 0 saturated heterocycles. The Kier molecular flexibility index (Phi) is 4.08. The third kappa shape index (κ3) is 3.54. The predicted molar refractivity (Wildman–Crippen MR) is 82.9 cm³/mol. The Morgan fingerprint density at radius 3 is 2.96 bits per heavy atom. The van der Waals surface area contributed by atoms with Crippen LogP contribution < -0.4 is 14.8 Å². The summed E-state index contributed by atoms with van der Waals surface area (Å²) in [5, 5.41) is 13.2. The molecule has 0 radical (unpaired) electrons. The molecule has 3 rings (SSSR count). The number of aliphatic hydroxyl groups is 1. The number of furan rings is 1. The van der Waals surface area contributed by atoms with Crippen LogP contribution in [0.1, 0.15) is 18.1 Å². The normalized spacial score (nSPS) is 15.6. The van der Waals surface area contributed by atoms with Crippen molar-refractivity contribution in [1.82, 2.24) is 5.32 Å². The number of benzene rings is 1. The zero-order chi connectivity index (χ0) is 16.3. The molecular formula is C17H17NO5. The van der Waals surface area contributed by atoms with Crippen molar-refractivity contribution >= 4 is 12.0 Å². The summed E-state index contributed by atoms with van der Waals surface area (Å²) in [7, 11) is 0. The standard InChI is InChI=1S/C17H17NO5/c1-17(20,13-3-4-14-15(8-13)23-11-22-14)10-18-16(19)5-2-12-6-7-21-9-12/h2-9,20H,10-11H2,1H3,(H,18,19)/b5-2+/t17-/m0/s1. The minimum Gasteiger partial charge on any atom is -0.472 e. The monoisotopic (exact) mass is 315 g/mol. The third-order valence-corrected chi connectivity index (χ3v) is 3.57. The number of carbonyl (C=O) groups excluding carboxylic acids is 1. The van der Waals surface area contributed by atoms with Crippen molar-refractivity contribution < 1.29 is 23.8 Å². The van der Waals surface area contributed by atoms with E-state index < -0.39 is 5.60 Å². The molecule has 1 aliphatic heterocycles. The number of rotatable bonds is 5. The number of hydrogen-bond donors (Lipinski definition) is 2. The van der Waals surface area contributed by atoms with Crippen molar-refractivity contribution in [2.45, 2.75) is 12.5 Å². The fourth-order valence-electron chi connectivity index (χ4n) is 2.19. The van der Waals surface area contributed by atoms with E-state index in [1.165, 1.54) is 18.6 Å². The summed E-state index contributed by atoms with van der Waals surface area (Å²) in [6, 6.07) is 6.95. The fraction of sp³-hybridized carbons (Fsp3) is 0.235. The number of fused-ring (bicyclic) bond motifs is 1. The van der Waals surface area contributed by atoms with Crippen molar-refractivity contribution in [3.63, 3.8) is 0 Å². The van der Waals surface area contributed by atoms with E-state index in [2.05, 4.69) is 5.32 Å². The van der Waals surface area contributed by atoms with Crippen LogP contribution in [0.4, 0.5) is 0 Å². The van der Waals surface area contributed by atoms with E-state index in [0.29, 0.717) is 17.1 Å². The zero-order valence-electron chi connectivity index (χ0n) is 12.6. The molecule has 0 bridgehead atoms. The fourth-order valence-corrected chi connectivity index (χ4v) is 2.19. The Balaban J connectivity index is 1.61. The van der Waals surface area contributed by atoms with Crippen molar-refractivity contribution in [2.24, 2.45) is 0 Å². The van der Waals surface area contributed by atoms with Gasteiger partial charge in [-0.15, -0.1) is 0 Å². The lowest BCUT2D eigenvalue weighted by molar-refractivity contribution is -0.117. The van der Waals surface area contributed by atoms with E-state index >= 15 is 0 Å². The summed E-state index contributed by atoms with van der Waals surface area (Å²) < 4.78 is 15.5. The Morgan fingerprint density at radius 2 is 2.17 bits per heavy atom. The average molecular weight is 315 g/mol. The smallest absolute Gasteiger partial charge is 0.244 e. The van der Waals surface area contributed by atoms with Gasteiger partial charge in [0, 0.05) is 11.6 Å². The molecule has 6 heteroatoms. The maximum atomic E-state index is 11.8. The van der Waals surface area contributed by atoms with Crippen LogP contribution in [-0.2, 0) is 10.4 Å². The van der Waals surface area contributed by atoms with Crippen molar-refractivity contribution in [1.29, 1.82) is 0 Å². The molecule has 0 aliphatic carbocycles. The van der Waals surface area contributed by atoms with Gasteiger partial charge in [-0.3, -0.25) is 4.79 Å². The van der Waals surface area contributed by atoms with E-state index in [1.54, 1.807) is 37.3 Å². The van der Waals surface area contributed by atoms with Gasteiger partial charge in [0.25, 0.3) is 0 Å². The maximum absolute atomic E-state index is 11.8. The lowest BCUT2D eigenvalue weighted by Crippen LogP contribution is -2.37. The molecule has 1 atom stereocenters. The van der Waals surface area contributed by atoms with Crippen LogP contribution in [0.2, 0.25) is 0 Å². The topological polar surface area (TPSA) is 80.9 Å². The molecule has 1 aliphatic rings. The van der Waals surface area contributed by atoms with Crippen LogP contribution in [0.25, 0.3) is 6.08 Å². The van der Waals surface area contributed by atoms with Crippen LogP contribution in [0.3, 0.4) is 0 Å². The lowest BCUT2D eigenvalue weighted by Gasteiger charge is -2.24. The first kappa shape index (κ1) is 15.2. The molecule has 2 aromatic rings. The quantitative estimate of drug-likeness (QED) is 0.825. The molecule has 0 fully saturated rings. The molecule has 1 aromatic carbocycles. The number of carbonyl (C=O) groups is 1. The van der Waals surface area contributed by atoms with E-state index in [4.69, 9.17) is 13.9 Å². The van der Waals surface area contributed by atoms with Crippen LogP contribution in [-0.4, -0.2) is 24.4 Å². The average Bonchev–Trinajstić information content (AvgIpc) is 3.21. The summed E-state index contributed by atoms with van der Waals surface area (Å²) in [5.41, 5.74) is 0.212. The highest BCUT2D eigenvalue weighted by atomic mass is 16.7. The second-order valence-electron chi connectivity index (χ2n) is 5.45. The first-order valence-corrected chi connectivity index (χ1v) is 7.15. The Bertz CT molecular complexity index is 719. The van der Waals surface area contributed by atoms with Gasteiger partial charge in [0.1, 0.15) is 5.60 Å². The summed E-state index contributed by atoms with van der Waals surface area (Å²) in [6.07, 6.45) is 6.09. The van der Waals surface area contributed by atoms with Crippen molar-refractivity contribution in [3.8, 4) is 11.5 Å². The summed E-state index contributed by atoms with van der Waals surface area (Å²) in [6.45, 7) is 1.88. The molecule has 120 valence electrons. The molecule has 2 heterocycles. The van der Waals surface area contributed by atoms with Gasteiger partial charge in [0.2, 0.25) is 12.7 Å². The Hall–Kier alpha value is -2.73. The number of ether oxygens (including phenoxy) is 2. The highest BCUT2D eigenvalue weighted by Crippen LogP contribution is 2.35. The number of hydrogen-bond acceptors (Lipinski definition) is 5. The molecule has 1 aromatic heterocycles. The highest BCUT2D eigenvalue weighted by Gasteiger charge is 2.26. The third-order valence-electron chi connectivity index (χ3n) is 3.57. The van der Waals surface area contributed by atoms with Crippen molar-refractivity contribution in [2.75, 3.05) is 13.3 Å². The maximum Gasteiger partial charge on any atom is 0.244 e. The molecular weight excluding hydrogens is 298 g/mol. The molecule has 2 N–H and O–H groups in total. The first-order chi connectivity index (χ1) is 11.0. The minimum atomic E-state index is -1.22. The van der Waals surface area contributed by atoms with E-state index in [0.717, 1.165) is 5.56 Å². The van der Waals surface area contributed by atoms with E-state index in [9.17, 15) is 9.90 Å². The van der Waals surface area contributed by atoms with Crippen LogP contribution in [0, 0.1) is 0 Å². The largest absolute Gasteiger partial charge is 0.472 e. The first-order valence-electron chi connectivity index (χ1n) is 7.15. The van der Waals surface area contributed by atoms with Gasteiger partial charge >= 0.3 is 0 Å². The molecule has 0 unspecified atom stereocenters. The van der Waals surface area contributed by atoms with E-state index in [-0.39, 0.29) is 19.2 Å². The Morgan fingerprint density at radius 1 is 1.35 bits per heavy atom. The minimum absolute atomic E-state index is 0.0706. The second-order valence-corrected chi connectivity index (χ2v) is 5.45. The van der Waals surface area contributed by atoms with Gasteiger partial charge in [0.15, 0.2) is 11.5 Å². The summed E-state index contributed by atoms with van der Waals surface area (Å²) >= 11 is 0. The van der Waals surface area contributed by atoms with Gasteiger partial charge in [0.05, 0.1) is 19.1 Å². The van der Waals surface area contributed by atoms with Crippen LogP contribution in [0.5, 0.6) is 11.5 Å². The molecule has 6 nitrogen and oxygen atoms in total. The van der Waals surface area contributed by atoms with Crippen molar-refractivity contribution in [3.05, 3.63) is 54.0 Å². The van der Waals surface area contributed by atoms with Gasteiger partial charge in [-0.1, -0.05) is 6.07 Å². The van der Waals surface area contributed by atoms with E-state index in [1.807, 2.05) is 0 Å². The zero-order valence-corrected chi connectivity index (χ0v) is 12.6. The summed E-state index contributed by atoms with van der Waals surface area (Å²) in [5.74, 6) is 0.942. The number of nitrogens with one attached hydrogen (secondary N) is 1. The van der Waals surface area contributed by atoms with Crippen LogP contribution >= 0.6 is 0 Å². The molecule has 1 amide bonds. The number of amides is 1. The second kappa shape index (κ2) is 6.18. The lowest BCUT2D eigenvalue weighted by atomic mass is 9.95. The predicted octanol–water partition coefficient (Wildman–Crippen LogP) is 2.05. The Labute approximate surface area is 133 Å². The van der Waals surface area contributed by atoms with Gasteiger partial charge < -0.3 is 24.3 Å². The molecule has 0 saturated carbocycles. The molecule has 0 spiro atoms.